The van der Waals surface area contributed by atoms with Gasteiger partial charge in [-0.2, -0.15) is 0 Å². The number of amides is 1. The van der Waals surface area contributed by atoms with Crippen LogP contribution in [0.15, 0.2) is 72.1 Å². The topological polar surface area (TPSA) is 38.3 Å². The average molecular weight is 313 g/mol. The predicted molar refractivity (Wildman–Crippen MR) is 92.5 cm³/mol. The van der Waals surface area contributed by atoms with Gasteiger partial charge in [-0.15, -0.1) is 11.8 Å². The third-order valence-corrected chi connectivity index (χ3v) is 4.03. The van der Waals surface area contributed by atoms with Crippen molar-refractivity contribution in [1.82, 2.24) is 0 Å². The van der Waals surface area contributed by atoms with Crippen LogP contribution in [0.2, 0.25) is 0 Å². The van der Waals surface area contributed by atoms with Gasteiger partial charge in [0, 0.05) is 10.6 Å². The number of ether oxygens (including phenoxy) is 1. The van der Waals surface area contributed by atoms with Crippen molar-refractivity contribution in [2.45, 2.75) is 17.1 Å². The molecule has 114 valence electrons. The number of carbonyl (C=O) groups excluding carboxylic acids is 1. The van der Waals surface area contributed by atoms with Gasteiger partial charge in [-0.1, -0.05) is 30.9 Å². The fourth-order valence-electron chi connectivity index (χ4n) is 1.79. The van der Waals surface area contributed by atoms with Crippen molar-refractivity contribution in [3.63, 3.8) is 0 Å². The maximum Gasteiger partial charge on any atom is 0.237 e. The predicted octanol–water partition coefficient (Wildman–Crippen LogP) is 4.37. The van der Waals surface area contributed by atoms with Crippen molar-refractivity contribution in [2.75, 3.05) is 11.9 Å². The Morgan fingerprint density at radius 1 is 1.23 bits per heavy atom. The van der Waals surface area contributed by atoms with E-state index in [1.807, 2.05) is 61.5 Å². The SMILES string of the molecule is C=CCOc1ccc(NC(=O)[C@H](C)Sc2ccccc2)cc1. The van der Waals surface area contributed by atoms with Crippen LogP contribution in [0.5, 0.6) is 5.75 Å². The number of anilines is 1. The van der Waals surface area contributed by atoms with E-state index in [1.54, 1.807) is 6.08 Å². The maximum atomic E-state index is 12.2. The zero-order valence-corrected chi connectivity index (χ0v) is 13.3. The molecule has 0 aliphatic rings. The van der Waals surface area contributed by atoms with Gasteiger partial charge in [-0.25, -0.2) is 0 Å². The van der Waals surface area contributed by atoms with Crippen LogP contribution in [0.3, 0.4) is 0 Å². The standard InChI is InChI=1S/C18H19NO2S/c1-3-13-21-16-11-9-15(10-12-16)19-18(20)14(2)22-17-7-5-4-6-8-17/h3-12,14H,1,13H2,2H3,(H,19,20)/t14-/m0/s1. The van der Waals surface area contributed by atoms with Gasteiger partial charge in [0.15, 0.2) is 0 Å². The van der Waals surface area contributed by atoms with Crippen LogP contribution in [-0.2, 0) is 4.79 Å². The molecule has 1 N–H and O–H groups in total. The van der Waals surface area contributed by atoms with E-state index in [0.29, 0.717) is 6.61 Å². The lowest BCUT2D eigenvalue weighted by Gasteiger charge is -2.12. The minimum atomic E-state index is -0.168. The summed E-state index contributed by atoms with van der Waals surface area (Å²) in [6.45, 7) is 5.97. The lowest BCUT2D eigenvalue weighted by Crippen LogP contribution is -2.22. The Hall–Kier alpha value is -2.20. The molecule has 3 nitrogen and oxygen atoms in total. The largest absolute Gasteiger partial charge is 0.490 e. The molecule has 0 bridgehead atoms. The second-order valence-corrected chi connectivity index (χ2v) is 6.10. The van der Waals surface area contributed by atoms with Crippen LogP contribution in [0.1, 0.15) is 6.92 Å². The second-order valence-electron chi connectivity index (χ2n) is 4.69. The summed E-state index contributed by atoms with van der Waals surface area (Å²) in [6, 6.07) is 17.2. The van der Waals surface area contributed by atoms with Crippen LogP contribution >= 0.6 is 11.8 Å². The molecule has 0 spiro atoms. The van der Waals surface area contributed by atoms with Crippen LogP contribution in [0.4, 0.5) is 5.69 Å². The molecule has 4 heteroatoms. The molecule has 0 radical (unpaired) electrons. The van der Waals surface area contributed by atoms with Gasteiger partial charge in [0.25, 0.3) is 0 Å². The molecule has 0 aliphatic carbocycles. The molecule has 2 aromatic carbocycles. The molecule has 22 heavy (non-hydrogen) atoms. The minimum Gasteiger partial charge on any atom is -0.490 e. The molecule has 0 heterocycles. The number of carbonyl (C=O) groups is 1. The molecule has 2 aromatic rings. The Morgan fingerprint density at radius 3 is 2.55 bits per heavy atom. The fraction of sp³-hybridized carbons (Fsp3) is 0.167. The molecular formula is C18H19NO2S. The summed E-state index contributed by atoms with van der Waals surface area (Å²) in [5.41, 5.74) is 0.761. The Kier molecular flexibility index (Phi) is 6.10. The molecule has 1 amide bonds. The van der Waals surface area contributed by atoms with Crippen molar-refractivity contribution in [3.8, 4) is 5.75 Å². The lowest BCUT2D eigenvalue weighted by molar-refractivity contribution is -0.115. The highest BCUT2D eigenvalue weighted by Gasteiger charge is 2.14. The minimum absolute atomic E-state index is 0.0198. The van der Waals surface area contributed by atoms with E-state index in [4.69, 9.17) is 4.74 Å². The number of benzene rings is 2. The van der Waals surface area contributed by atoms with Gasteiger partial charge in [-0.3, -0.25) is 4.79 Å². The molecule has 0 saturated heterocycles. The monoisotopic (exact) mass is 313 g/mol. The summed E-state index contributed by atoms with van der Waals surface area (Å²) in [5.74, 6) is 0.734. The van der Waals surface area contributed by atoms with E-state index < -0.39 is 0 Å². The van der Waals surface area contributed by atoms with Gasteiger partial charge in [-0.05, 0) is 43.3 Å². The highest BCUT2D eigenvalue weighted by Crippen LogP contribution is 2.24. The smallest absolute Gasteiger partial charge is 0.237 e. The summed E-state index contributed by atoms with van der Waals surface area (Å²) in [6.07, 6.45) is 1.69. The first kappa shape index (κ1) is 16.2. The van der Waals surface area contributed by atoms with Gasteiger partial charge >= 0.3 is 0 Å². The normalized spacial score (nSPS) is 11.5. The molecule has 0 unspecified atom stereocenters. The lowest BCUT2D eigenvalue weighted by atomic mass is 10.3. The van der Waals surface area contributed by atoms with Gasteiger partial charge in [0.1, 0.15) is 12.4 Å². The van der Waals surface area contributed by atoms with Crippen molar-refractivity contribution in [1.29, 1.82) is 0 Å². The first-order chi connectivity index (χ1) is 10.7. The molecule has 1 atom stereocenters. The van der Waals surface area contributed by atoms with Gasteiger partial charge in [0.05, 0.1) is 5.25 Å². The van der Waals surface area contributed by atoms with E-state index in [-0.39, 0.29) is 11.2 Å². The zero-order chi connectivity index (χ0) is 15.8. The molecule has 0 aliphatic heterocycles. The number of nitrogens with one attached hydrogen (secondary N) is 1. The number of hydrogen-bond donors (Lipinski definition) is 1. The maximum absolute atomic E-state index is 12.2. The third kappa shape index (κ3) is 4.97. The Labute approximate surface area is 135 Å². The summed E-state index contributed by atoms with van der Waals surface area (Å²) >= 11 is 1.54. The van der Waals surface area contributed by atoms with Crippen molar-refractivity contribution < 1.29 is 9.53 Å². The highest BCUT2D eigenvalue weighted by atomic mass is 32.2. The van der Waals surface area contributed by atoms with Crippen LogP contribution in [0, 0.1) is 0 Å². The van der Waals surface area contributed by atoms with Gasteiger partial charge < -0.3 is 10.1 Å². The van der Waals surface area contributed by atoms with E-state index in [9.17, 15) is 4.79 Å². The Bertz CT molecular complexity index is 611. The van der Waals surface area contributed by atoms with Crippen LogP contribution < -0.4 is 10.1 Å². The van der Waals surface area contributed by atoms with E-state index >= 15 is 0 Å². The van der Waals surface area contributed by atoms with Crippen LogP contribution in [-0.4, -0.2) is 17.8 Å². The Balaban J connectivity index is 1.89. The molecule has 0 saturated carbocycles. The molecular weight excluding hydrogens is 294 g/mol. The summed E-state index contributed by atoms with van der Waals surface area (Å²) in [5, 5.41) is 2.74. The van der Waals surface area contributed by atoms with E-state index in [1.165, 1.54) is 11.8 Å². The first-order valence-corrected chi connectivity index (χ1v) is 7.93. The molecule has 0 fully saturated rings. The number of thioether (sulfide) groups is 1. The molecule has 2 rings (SSSR count). The summed E-state index contributed by atoms with van der Waals surface area (Å²) < 4.78 is 5.41. The average Bonchev–Trinajstić information content (AvgIpc) is 2.55. The Morgan fingerprint density at radius 2 is 1.91 bits per heavy atom. The second kappa shape index (κ2) is 8.29. The molecule has 0 aromatic heterocycles. The summed E-state index contributed by atoms with van der Waals surface area (Å²) in [7, 11) is 0. The highest BCUT2D eigenvalue weighted by molar-refractivity contribution is 8.00. The van der Waals surface area contributed by atoms with E-state index in [2.05, 4.69) is 11.9 Å². The van der Waals surface area contributed by atoms with Crippen LogP contribution in [0.25, 0.3) is 0 Å². The van der Waals surface area contributed by atoms with E-state index in [0.717, 1.165) is 16.3 Å². The number of rotatable bonds is 7. The summed E-state index contributed by atoms with van der Waals surface area (Å²) in [4.78, 5) is 13.3. The first-order valence-electron chi connectivity index (χ1n) is 7.05. The fourth-order valence-corrected chi connectivity index (χ4v) is 2.68. The van der Waals surface area contributed by atoms with Gasteiger partial charge in [0.2, 0.25) is 5.91 Å². The third-order valence-electron chi connectivity index (χ3n) is 2.91. The zero-order valence-electron chi connectivity index (χ0n) is 12.5. The number of hydrogen-bond acceptors (Lipinski definition) is 3. The quantitative estimate of drug-likeness (QED) is 0.609. The van der Waals surface area contributed by atoms with Crippen molar-refractivity contribution in [3.05, 3.63) is 67.3 Å². The van der Waals surface area contributed by atoms with Crippen molar-refractivity contribution >= 4 is 23.4 Å². The van der Waals surface area contributed by atoms with Crippen molar-refractivity contribution in [2.24, 2.45) is 0 Å².